The van der Waals surface area contributed by atoms with Crippen LogP contribution in [0.15, 0.2) is 45.4 Å². The maximum absolute atomic E-state index is 13.0. The van der Waals surface area contributed by atoms with Gasteiger partial charge in [-0.15, -0.1) is 11.3 Å². The number of nitrogens with zero attached hydrogens (tertiary/aromatic N) is 1. The van der Waals surface area contributed by atoms with Crippen molar-refractivity contribution in [2.24, 2.45) is 7.05 Å². The molecule has 1 aliphatic rings. The number of fused-ring (bicyclic) bond motifs is 1. The summed E-state index contributed by atoms with van der Waals surface area (Å²) in [5.41, 5.74) is 0.706. The Labute approximate surface area is 176 Å². The largest absolute Gasteiger partial charge is 0.347 e. The van der Waals surface area contributed by atoms with Crippen LogP contribution in [-0.2, 0) is 17.1 Å². The topological polar surface area (TPSA) is 97.3 Å². The Morgan fingerprint density at radius 2 is 1.93 bits per heavy atom. The number of hydrogen-bond donors (Lipinski definition) is 2. The highest BCUT2D eigenvalue weighted by molar-refractivity contribution is 7.89. The molecule has 2 atom stereocenters. The number of carbonyl (C=O) groups is 1. The number of nitrogens with one attached hydrogen (secondary N) is 2. The Morgan fingerprint density at radius 1 is 1.17 bits per heavy atom. The standard InChI is InChI=1S/C19H21N3O4S3/c1-22-16-9-8-12(11-13(16)19(24)28-22)29(25,26)21-15-6-3-2-5-14(15)20-18(23)17-7-4-10-27-17/h4,7-11,14-15,21H,2-3,5-6H2,1H3,(H,20,23)/t14-,15-/m1/s1. The second-order valence-electron chi connectivity index (χ2n) is 7.12. The van der Waals surface area contributed by atoms with Gasteiger partial charge in [0.2, 0.25) is 10.0 Å². The summed E-state index contributed by atoms with van der Waals surface area (Å²) < 4.78 is 30.3. The number of carbonyl (C=O) groups excluding carboxylic acids is 1. The van der Waals surface area contributed by atoms with Crippen LogP contribution in [0.5, 0.6) is 0 Å². The smallest absolute Gasteiger partial charge is 0.261 e. The molecular weight excluding hydrogens is 430 g/mol. The molecule has 3 aromatic rings. The lowest BCUT2D eigenvalue weighted by molar-refractivity contribution is 0.0923. The summed E-state index contributed by atoms with van der Waals surface area (Å²) in [5.74, 6) is -0.181. The highest BCUT2D eigenvalue weighted by atomic mass is 32.2. The molecule has 154 valence electrons. The summed E-state index contributed by atoms with van der Waals surface area (Å²) in [6.07, 6.45) is 3.19. The van der Waals surface area contributed by atoms with E-state index in [2.05, 4.69) is 10.0 Å². The van der Waals surface area contributed by atoms with E-state index in [9.17, 15) is 18.0 Å². The average molecular weight is 452 g/mol. The number of aryl methyl sites for hydroxylation is 1. The van der Waals surface area contributed by atoms with Crippen molar-refractivity contribution in [3.05, 3.63) is 50.1 Å². The molecule has 1 fully saturated rings. The predicted molar refractivity (Wildman–Crippen MR) is 115 cm³/mol. The summed E-state index contributed by atoms with van der Waals surface area (Å²) in [6, 6.07) is 7.49. The fourth-order valence-electron chi connectivity index (χ4n) is 3.70. The zero-order chi connectivity index (χ0) is 20.6. The highest BCUT2D eigenvalue weighted by Crippen LogP contribution is 2.23. The molecule has 0 saturated heterocycles. The second kappa shape index (κ2) is 8.02. The molecule has 0 unspecified atom stereocenters. The van der Waals surface area contributed by atoms with Crippen LogP contribution in [0.25, 0.3) is 10.9 Å². The first-order valence-corrected chi connectivity index (χ1v) is 12.5. The van der Waals surface area contributed by atoms with Crippen LogP contribution in [0.1, 0.15) is 35.4 Å². The molecule has 1 saturated carbocycles. The number of benzene rings is 1. The Kier molecular flexibility index (Phi) is 5.60. The number of hydrogen-bond acceptors (Lipinski definition) is 6. The fraction of sp³-hybridized carbons (Fsp3) is 0.368. The van der Waals surface area contributed by atoms with Crippen molar-refractivity contribution in [1.82, 2.24) is 14.0 Å². The van der Waals surface area contributed by atoms with Crippen molar-refractivity contribution in [2.45, 2.75) is 42.7 Å². The minimum absolute atomic E-state index is 0.0643. The normalized spacial score (nSPS) is 20.0. The molecule has 29 heavy (non-hydrogen) atoms. The Bertz CT molecular complexity index is 1200. The summed E-state index contributed by atoms with van der Waals surface area (Å²) in [7, 11) is -2.06. The van der Waals surface area contributed by atoms with Gasteiger partial charge in [-0.3, -0.25) is 13.5 Å². The van der Waals surface area contributed by atoms with Crippen LogP contribution in [0, 0.1) is 0 Å². The van der Waals surface area contributed by atoms with E-state index in [-0.39, 0.29) is 21.6 Å². The van der Waals surface area contributed by atoms with Crippen LogP contribution in [0.4, 0.5) is 0 Å². The summed E-state index contributed by atoms with van der Waals surface area (Å²) in [5, 5.41) is 5.21. The lowest BCUT2D eigenvalue weighted by Crippen LogP contribution is -2.53. The van der Waals surface area contributed by atoms with E-state index in [0.29, 0.717) is 28.6 Å². The van der Waals surface area contributed by atoms with Crippen molar-refractivity contribution in [3.8, 4) is 0 Å². The molecule has 1 aliphatic carbocycles. The second-order valence-corrected chi connectivity index (χ2v) is 10.9. The maximum Gasteiger partial charge on any atom is 0.261 e. The van der Waals surface area contributed by atoms with Gasteiger partial charge in [0.1, 0.15) is 0 Å². The van der Waals surface area contributed by atoms with Gasteiger partial charge in [0.25, 0.3) is 10.6 Å². The summed E-state index contributed by atoms with van der Waals surface area (Å²) in [4.78, 5) is 25.2. The van der Waals surface area contributed by atoms with Gasteiger partial charge >= 0.3 is 0 Å². The van der Waals surface area contributed by atoms with Gasteiger partial charge in [0.05, 0.1) is 20.7 Å². The average Bonchev–Trinajstić information content (AvgIpc) is 3.32. The van der Waals surface area contributed by atoms with Gasteiger partial charge in [0, 0.05) is 19.1 Å². The van der Waals surface area contributed by atoms with Gasteiger partial charge in [-0.25, -0.2) is 13.1 Å². The zero-order valence-electron chi connectivity index (χ0n) is 15.8. The molecule has 1 aromatic carbocycles. The lowest BCUT2D eigenvalue weighted by atomic mass is 9.91. The van der Waals surface area contributed by atoms with Crippen LogP contribution < -0.4 is 14.8 Å². The molecular formula is C19H21N3O4S3. The van der Waals surface area contributed by atoms with Crippen molar-refractivity contribution < 1.29 is 13.2 Å². The number of rotatable bonds is 5. The number of amides is 1. The quantitative estimate of drug-likeness (QED) is 0.623. The summed E-state index contributed by atoms with van der Waals surface area (Å²) >= 11 is 2.40. The van der Waals surface area contributed by atoms with Crippen LogP contribution in [0.3, 0.4) is 0 Å². The first-order chi connectivity index (χ1) is 13.8. The van der Waals surface area contributed by atoms with Crippen molar-refractivity contribution in [1.29, 1.82) is 0 Å². The molecule has 2 aromatic heterocycles. The predicted octanol–water partition coefficient (Wildman–Crippen LogP) is 2.68. The zero-order valence-corrected chi connectivity index (χ0v) is 18.2. The van der Waals surface area contributed by atoms with Crippen LogP contribution >= 0.6 is 22.9 Å². The minimum Gasteiger partial charge on any atom is -0.347 e. The van der Waals surface area contributed by atoms with Gasteiger partial charge in [-0.1, -0.05) is 18.9 Å². The van der Waals surface area contributed by atoms with Crippen molar-refractivity contribution in [2.75, 3.05) is 0 Å². The van der Waals surface area contributed by atoms with Crippen molar-refractivity contribution in [3.63, 3.8) is 0 Å². The monoisotopic (exact) mass is 451 g/mol. The van der Waals surface area contributed by atoms with Gasteiger partial charge < -0.3 is 5.32 Å². The Balaban J connectivity index is 1.56. The van der Waals surface area contributed by atoms with Gasteiger partial charge in [0.15, 0.2) is 0 Å². The SMILES string of the molecule is Cn1sc(=O)c2cc(S(=O)(=O)N[C@@H]3CCCC[C@H]3NC(=O)c3cccs3)ccc21. The molecule has 1 amide bonds. The van der Waals surface area contributed by atoms with Gasteiger partial charge in [-0.05, 0) is 54.0 Å². The molecule has 2 N–H and O–H groups in total. The third-order valence-corrected chi connectivity index (χ3v) is 8.40. The third kappa shape index (κ3) is 4.16. The molecule has 0 radical (unpaired) electrons. The number of aromatic nitrogens is 1. The first-order valence-electron chi connectivity index (χ1n) is 9.32. The van der Waals surface area contributed by atoms with E-state index in [1.807, 2.05) is 11.4 Å². The van der Waals surface area contributed by atoms with Crippen LogP contribution in [0.2, 0.25) is 0 Å². The van der Waals surface area contributed by atoms with E-state index in [1.54, 1.807) is 23.1 Å². The maximum atomic E-state index is 13.0. The molecule has 2 heterocycles. The molecule has 4 rings (SSSR count). The number of sulfonamides is 1. The molecule has 0 spiro atoms. The van der Waals surface area contributed by atoms with E-state index < -0.39 is 16.1 Å². The summed E-state index contributed by atoms with van der Waals surface area (Å²) in [6.45, 7) is 0. The van der Waals surface area contributed by atoms with E-state index in [4.69, 9.17) is 0 Å². The highest BCUT2D eigenvalue weighted by Gasteiger charge is 2.31. The van der Waals surface area contributed by atoms with Crippen molar-refractivity contribution >= 4 is 49.7 Å². The molecule has 0 bridgehead atoms. The lowest BCUT2D eigenvalue weighted by Gasteiger charge is -2.32. The third-order valence-electron chi connectivity index (χ3n) is 5.19. The van der Waals surface area contributed by atoms with E-state index in [0.717, 1.165) is 24.4 Å². The number of thiophene rings is 1. The Morgan fingerprint density at radius 3 is 2.66 bits per heavy atom. The van der Waals surface area contributed by atoms with E-state index in [1.165, 1.54) is 23.5 Å². The fourth-order valence-corrected chi connectivity index (χ4v) is 6.43. The van der Waals surface area contributed by atoms with Gasteiger partial charge in [-0.2, -0.15) is 0 Å². The Hall–Kier alpha value is -2.01. The van der Waals surface area contributed by atoms with E-state index >= 15 is 0 Å². The molecule has 10 heteroatoms. The first kappa shape index (κ1) is 20.3. The molecule has 7 nitrogen and oxygen atoms in total. The molecule has 0 aliphatic heterocycles. The van der Waals surface area contributed by atoms with Crippen LogP contribution in [-0.4, -0.2) is 30.4 Å². The minimum atomic E-state index is -3.82.